The van der Waals surface area contributed by atoms with Gasteiger partial charge in [-0.3, -0.25) is 0 Å². The van der Waals surface area contributed by atoms with Crippen LogP contribution < -0.4 is 4.74 Å². The molecule has 0 fully saturated rings. The zero-order valence-electron chi connectivity index (χ0n) is 14.4. The van der Waals surface area contributed by atoms with E-state index < -0.39 is 5.60 Å². The van der Waals surface area contributed by atoms with Crippen LogP contribution in [0.4, 0.5) is 0 Å². The minimum Gasteiger partial charge on any atom is -0.494 e. The van der Waals surface area contributed by atoms with Crippen molar-refractivity contribution < 1.29 is 9.84 Å². The second-order valence-electron chi connectivity index (χ2n) is 6.11. The fraction of sp³-hybridized carbons (Fsp3) is 0.238. The average Bonchev–Trinajstić information content (AvgIpc) is 2.69. The highest BCUT2D eigenvalue weighted by Gasteiger charge is 2.31. The number of aromatic nitrogens is 2. The van der Waals surface area contributed by atoms with Crippen molar-refractivity contribution in [1.29, 1.82) is 0 Å². The molecule has 26 heavy (non-hydrogen) atoms. The van der Waals surface area contributed by atoms with Crippen LogP contribution in [0.3, 0.4) is 0 Å². The van der Waals surface area contributed by atoms with E-state index >= 15 is 0 Å². The first kappa shape index (κ1) is 18.4. The number of nitrogens with zero attached hydrogens (tertiary/aromatic N) is 2. The van der Waals surface area contributed by atoms with Gasteiger partial charge in [-0.2, -0.15) is 0 Å². The van der Waals surface area contributed by atoms with Crippen LogP contribution in [0.25, 0.3) is 0 Å². The number of rotatable bonds is 8. The second-order valence-corrected chi connectivity index (χ2v) is 6.55. The van der Waals surface area contributed by atoms with Gasteiger partial charge in [0.25, 0.3) is 0 Å². The van der Waals surface area contributed by atoms with E-state index in [0.29, 0.717) is 23.6 Å². The molecule has 3 rings (SSSR count). The van der Waals surface area contributed by atoms with Crippen LogP contribution >= 0.6 is 11.6 Å². The van der Waals surface area contributed by atoms with Gasteiger partial charge in [0, 0.05) is 23.0 Å². The number of aliphatic hydroxyl groups is 1. The molecule has 5 heteroatoms. The van der Waals surface area contributed by atoms with Crippen molar-refractivity contribution in [3.8, 4) is 5.75 Å². The Labute approximate surface area is 158 Å². The second kappa shape index (κ2) is 8.79. The summed E-state index contributed by atoms with van der Waals surface area (Å²) in [7, 11) is 0. The summed E-state index contributed by atoms with van der Waals surface area (Å²) in [6.45, 7) is 0.603. The average molecular weight is 369 g/mol. The Morgan fingerprint density at radius 3 is 2.27 bits per heavy atom. The lowest BCUT2D eigenvalue weighted by Crippen LogP contribution is -2.28. The van der Waals surface area contributed by atoms with Gasteiger partial charge >= 0.3 is 0 Å². The van der Waals surface area contributed by atoms with Gasteiger partial charge in [0.15, 0.2) is 0 Å². The molecule has 0 saturated carbocycles. The van der Waals surface area contributed by atoms with Gasteiger partial charge in [-0.15, -0.1) is 0 Å². The highest BCUT2D eigenvalue weighted by atomic mass is 35.5. The lowest BCUT2D eigenvalue weighted by molar-refractivity contribution is 0.0661. The molecule has 0 aliphatic heterocycles. The maximum absolute atomic E-state index is 11.4. The van der Waals surface area contributed by atoms with Gasteiger partial charge < -0.3 is 9.84 Å². The topological polar surface area (TPSA) is 55.2 Å². The molecule has 0 saturated heterocycles. The first-order valence-electron chi connectivity index (χ1n) is 8.60. The van der Waals surface area contributed by atoms with Crippen molar-refractivity contribution in [3.63, 3.8) is 0 Å². The lowest BCUT2D eigenvalue weighted by Gasteiger charge is -2.29. The summed E-state index contributed by atoms with van der Waals surface area (Å²) in [4.78, 5) is 8.11. The van der Waals surface area contributed by atoms with Crippen LogP contribution in [0.15, 0.2) is 73.3 Å². The zero-order chi connectivity index (χ0) is 18.2. The van der Waals surface area contributed by atoms with Gasteiger partial charge in [0.2, 0.25) is 0 Å². The highest BCUT2D eigenvalue weighted by Crippen LogP contribution is 2.34. The first-order valence-corrected chi connectivity index (χ1v) is 8.98. The van der Waals surface area contributed by atoms with Crippen LogP contribution in [0.1, 0.15) is 30.4 Å². The molecule has 0 amide bonds. The maximum atomic E-state index is 11.4. The Morgan fingerprint density at radius 2 is 1.58 bits per heavy atom. The smallest absolute Gasteiger partial charge is 0.119 e. The molecular formula is C21H21ClN2O2. The minimum atomic E-state index is -1.15. The maximum Gasteiger partial charge on any atom is 0.119 e. The standard InChI is InChI=1S/C21H21ClN2O2/c22-19-10-8-17(9-11-19)21(25,18-14-23-16-24-15-18)12-4-5-13-26-20-6-2-1-3-7-20/h1-3,6-11,14-16,25H,4-5,12-13H2. The lowest BCUT2D eigenvalue weighted by atomic mass is 9.83. The minimum absolute atomic E-state index is 0.542. The van der Waals surface area contributed by atoms with E-state index in [4.69, 9.17) is 16.3 Å². The number of hydrogen-bond acceptors (Lipinski definition) is 4. The van der Waals surface area contributed by atoms with Gasteiger partial charge in [0.1, 0.15) is 17.7 Å². The van der Waals surface area contributed by atoms with Crippen molar-refractivity contribution >= 4 is 11.6 Å². The molecule has 1 atom stereocenters. The van der Waals surface area contributed by atoms with E-state index in [0.717, 1.165) is 24.2 Å². The van der Waals surface area contributed by atoms with E-state index in [-0.39, 0.29) is 0 Å². The molecule has 0 bridgehead atoms. The Hall–Kier alpha value is -2.43. The molecule has 3 aromatic rings. The van der Waals surface area contributed by atoms with Gasteiger partial charge in [-0.1, -0.05) is 41.9 Å². The van der Waals surface area contributed by atoms with Crippen molar-refractivity contribution in [1.82, 2.24) is 9.97 Å². The molecule has 134 valence electrons. The molecule has 4 nitrogen and oxygen atoms in total. The van der Waals surface area contributed by atoms with E-state index in [1.54, 1.807) is 24.5 Å². The highest BCUT2D eigenvalue weighted by molar-refractivity contribution is 6.30. The molecule has 1 heterocycles. The van der Waals surface area contributed by atoms with Crippen LogP contribution in [0, 0.1) is 0 Å². The first-order chi connectivity index (χ1) is 12.7. The van der Waals surface area contributed by atoms with Crippen LogP contribution in [0.5, 0.6) is 5.75 Å². The molecule has 0 spiro atoms. The molecule has 1 aromatic heterocycles. The van der Waals surface area contributed by atoms with Crippen molar-refractivity contribution in [2.75, 3.05) is 6.61 Å². The number of ether oxygens (including phenoxy) is 1. The SMILES string of the molecule is OC(CCCCOc1ccccc1)(c1ccc(Cl)cc1)c1cncnc1. The monoisotopic (exact) mass is 368 g/mol. The molecule has 2 aromatic carbocycles. The van der Waals surface area contributed by atoms with E-state index in [1.807, 2.05) is 42.5 Å². The summed E-state index contributed by atoms with van der Waals surface area (Å²) in [6, 6.07) is 17.0. The van der Waals surface area contributed by atoms with Crippen molar-refractivity contribution in [2.24, 2.45) is 0 Å². The summed E-state index contributed by atoms with van der Waals surface area (Å²) in [5.41, 5.74) is 0.297. The zero-order valence-corrected chi connectivity index (χ0v) is 15.1. The largest absolute Gasteiger partial charge is 0.494 e. The van der Waals surface area contributed by atoms with Crippen LogP contribution in [0.2, 0.25) is 5.02 Å². The predicted molar refractivity (Wildman–Crippen MR) is 102 cm³/mol. The van der Waals surface area contributed by atoms with Gasteiger partial charge in [-0.05, 0) is 49.1 Å². The number of unbranched alkanes of at least 4 members (excludes halogenated alkanes) is 1. The third-order valence-electron chi connectivity index (χ3n) is 4.30. The number of halogens is 1. The van der Waals surface area contributed by atoms with E-state index in [9.17, 15) is 5.11 Å². The molecule has 1 N–H and O–H groups in total. The van der Waals surface area contributed by atoms with Gasteiger partial charge in [-0.25, -0.2) is 9.97 Å². The normalized spacial score (nSPS) is 13.2. The summed E-state index contributed by atoms with van der Waals surface area (Å²) < 4.78 is 5.72. The number of benzene rings is 2. The Balaban J connectivity index is 1.65. The number of hydrogen-bond donors (Lipinski definition) is 1. The predicted octanol–water partition coefficient (Wildman–Crippen LogP) is 4.62. The molecule has 0 aliphatic rings. The van der Waals surface area contributed by atoms with Crippen LogP contribution in [-0.4, -0.2) is 21.7 Å². The Morgan fingerprint density at radius 1 is 0.885 bits per heavy atom. The third-order valence-corrected chi connectivity index (χ3v) is 4.56. The molecule has 0 aliphatic carbocycles. The fourth-order valence-corrected chi connectivity index (χ4v) is 3.01. The van der Waals surface area contributed by atoms with Crippen LogP contribution in [-0.2, 0) is 5.60 Å². The number of para-hydroxylation sites is 1. The van der Waals surface area contributed by atoms with Gasteiger partial charge in [0.05, 0.1) is 6.61 Å². The summed E-state index contributed by atoms with van der Waals surface area (Å²) in [5, 5.41) is 12.0. The quantitative estimate of drug-likeness (QED) is 0.589. The van der Waals surface area contributed by atoms with E-state index in [1.165, 1.54) is 6.33 Å². The molecule has 0 radical (unpaired) electrons. The summed E-state index contributed by atoms with van der Waals surface area (Å²) in [5.74, 6) is 0.858. The third kappa shape index (κ3) is 4.59. The molecule has 1 unspecified atom stereocenters. The summed E-state index contributed by atoms with van der Waals surface area (Å²) >= 11 is 5.99. The van der Waals surface area contributed by atoms with Crippen molar-refractivity contribution in [3.05, 3.63) is 89.5 Å². The summed E-state index contributed by atoms with van der Waals surface area (Å²) in [6.07, 6.45) is 6.93. The van der Waals surface area contributed by atoms with Crippen molar-refractivity contribution in [2.45, 2.75) is 24.9 Å². The van der Waals surface area contributed by atoms with E-state index in [2.05, 4.69) is 9.97 Å². The Kier molecular flexibility index (Phi) is 6.21. The molecular weight excluding hydrogens is 348 g/mol. The Bertz CT molecular complexity index is 797. The fourth-order valence-electron chi connectivity index (χ4n) is 2.88.